The van der Waals surface area contributed by atoms with Crippen LogP contribution in [0.25, 0.3) is 0 Å². The molecule has 0 N–H and O–H groups in total. The van der Waals surface area contributed by atoms with E-state index in [0.717, 1.165) is 4.42 Å². The van der Waals surface area contributed by atoms with E-state index < -0.39 is 0 Å². The monoisotopic (exact) mass is 203 g/mol. The lowest BCUT2D eigenvalue weighted by Gasteiger charge is -2.11. The first-order valence-corrected chi connectivity index (χ1v) is 4.22. The summed E-state index contributed by atoms with van der Waals surface area (Å²) < 4.78 is 1.01. The van der Waals surface area contributed by atoms with E-state index in [-0.39, 0.29) is 11.8 Å². The summed E-state index contributed by atoms with van der Waals surface area (Å²) in [5, 5.41) is 0. The summed E-state index contributed by atoms with van der Waals surface area (Å²) in [5.41, 5.74) is 0.629. The smallest absolute Gasteiger partial charge is 0.256 e. The van der Waals surface area contributed by atoms with Gasteiger partial charge in [0, 0.05) is 11.8 Å². The largest absolute Gasteiger partial charge is 0.272 e. The van der Waals surface area contributed by atoms with Gasteiger partial charge in [0.25, 0.3) is 5.91 Å². The molecule has 0 aromatic heterocycles. The molecule has 4 heteroatoms. The maximum atomic E-state index is 11.0. The van der Waals surface area contributed by atoms with E-state index in [4.69, 9.17) is 23.4 Å². The second kappa shape index (κ2) is 4.33. The van der Waals surface area contributed by atoms with Crippen LogP contribution in [-0.4, -0.2) is 11.8 Å². The summed E-state index contributed by atoms with van der Waals surface area (Å²) in [6, 6.07) is 8.91. The Morgan fingerprint density at radius 2 is 1.92 bits per heavy atom. The van der Waals surface area contributed by atoms with Crippen LogP contribution < -0.4 is 4.42 Å². The van der Waals surface area contributed by atoms with E-state index in [1.54, 1.807) is 24.3 Å². The lowest BCUT2D eigenvalue weighted by Crippen LogP contribution is -2.21. The minimum atomic E-state index is -0.329. The Morgan fingerprint density at radius 1 is 1.33 bits per heavy atom. The molecule has 0 radical (unpaired) electrons. The first kappa shape index (κ1) is 9.36. The zero-order valence-electron chi connectivity index (χ0n) is 6.21. The fraction of sp³-hybridized carbons (Fsp3) is 0.125. The van der Waals surface area contributed by atoms with Gasteiger partial charge >= 0.3 is 0 Å². The van der Waals surface area contributed by atoms with Gasteiger partial charge in [-0.05, 0) is 12.1 Å². The van der Waals surface area contributed by atoms with E-state index in [2.05, 4.69) is 0 Å². The van der Waals surface area contributed by atoms with Crippen LogP contribution in [0.2, 0.25) is 0 Å². The molecular weight excluding hydrogens is 197 g/mol. The Hall–Kier alpha value is -0.730. The van der Waals surface area contributed by atoms with Crippen LogP contribution in [0.3, 0.4) is 0 Å². The number of hydrogen-bond acceptors (Lipinski definition) is 1. The molecule has 0 saturated heterocycles. The second-order valence-electron chi connectivity index (χ2n) is 2.14. The van der Waals surface area contributed by atoms with Gasteiger partial charge in [-0.25, -0.2) is 4.42 Å². The van der Waals surface area contributed by atoms with Crippen LogP contribution in [0.5, 0.6) is 0 Å². The fourth-order valence-corrected chi connectivity index (χ4v) is 1.11. The van der Waals surface area contributed by atoms with Gasteiger partial charge in [-0.15, -0.1) is 11.6 Å². The highest BCUT2D eigenvalue weighted by Gasteiger charge is 2.10. The van der Waals surface area contributed by atoms with Crippen LogP contribution >= 0.6 is 23.4 Å². The Morgan fingerprint density at radius 3 is 2.42 bits per heavy atom. The van der Waals surface area contributed by atoms with Gasteiger partial charge in [0.1, 0.15) is 5.88 Å². The van der Waals surface area contributed by atoms with Crippen LogP contribution in [-0.2, 0) is 4.79 Å². The molecule has 1 aromatic rings. The number of nitrogens with zero attached hydrogens (tertiary/aromatic N) is 1. The van der Waals surface area contributed by atoms with Crippen molar-refractivity contribution in [2.75, 3.05) is 10.3 Å². The molecule has 1 amide bonds. The lowest BCUT2D eigenvalue weighted by molar-refractivity contribution is -0.115. The van der Waals surface area contributed by atoms with Crippen molar-refractivity contribution in [3.8, 4) is 0 Å². The third-order valence-electron chi connectivity index (χ3n) is 1.32. The molecule has 1 rings (SSSR count). The summed E-state index contributed by atoms with van der Waals surface area (Å²) in [7, 11) is 0. The van der Waals surface area contributed by atoms with Crippen molar-refractivity contribution in [2.24, 2.45) is 0 Å². The average molecular weight is 204 g/mol. The number of carbonyl (C=O) groups is 1. The zero-order valence-corrected chi connectivity index (χ0v) is 7.72. The SMILES string of the molecule is O=C(CCl)N(Cl)c1ccccc1. The van der Waals surface area contributed by atoms with Crippen molar-refractivity contribution in [1.29, 1.82) is 0 Å². The summed E-state index contributed by atoms with van der Waals surface area (Å²) >= 11 is 11.0. The molecule has 0 aliphatic heterocycles. The third kappa shape index (κ3) is 2.13. The molecule has 64 valence electrons. The van der Waals surface area contributed by atoms with Gasteiger partial charge in [0.05, 0.1) is 5.69 Å². The van der Waals surface area contributed by atoms with Gasteiger partial charge in [0.2, 0.25) is 0 Å². The molecule has 0 aliphatic rings. The van der Waals surface area contributed by atoms with E-state index in [0.29, 0.717) is 5.69 Å². The van der Waals surface area contributed by atoms with Crippen LogP contribution in [0.4, 0.5) is 5.69 Å². The van der Waals surface area contributed by atoms with Crippen molar-refractivity contribution >= 4 is 35.0 Å². The molecule has 0 spiro atoms. The molecule has 0 unspecified atom stereocenters. The molecule has 0 fully saturated rings. The number of anilines is 1. The maximum Gasteiger partial charge on any atom is 0.256 e. The highest BCUT2D eigenvalue weighted by atomic mass is 35.5. The molecular formula is C8H7Cl2NO. The van der Waals surface area contributed by atoms with E-state index >= 15 is 0 Å². The summed E-state index contributed by atoms with van der Waals surface area (Å²) in [5.74, 6) is -0.442. The van der Waals surface area contributed by atoms with Crippen molar-refractivity contribution in [2.45, 2.75) is 0 Å². The van der Waals surface area contributed by atoms with Crippen molar-refractivity contribution in [3.63, 3.8) is 0 Å². The minimum Gasteiger partial charge on any atom is -0.272 e. The van der Waals surface area contributed by atoms with Gasteiger partial charge in [0.15, 0.2) is 0 Å². The average Bonchev–Trinajstić information content (AvgIpc) is 2.17. The molecule has 0 atom stereocenters. The minimum absolute atomic E-state index is 0.113. The summed E-state index contributed by atoms with van der Waals surface area (Å²) in [6.45, 7) is 0. The predicted molar refractivity (Wildman–Crippen MR) is 50.5 cm³/mol. The molecule has 2 nitrogen and oxygen atoms in total. The second-order valence-corrected chi connectivity index (χ2v) is 2.75. The van der Waals surface area contributed by atoms with Crippen molar-refractivity contribution in [1.82, 2.24) is 0 Å². The lowest BCUT2D eigenvalue weighted by atomic mass is 10.3. The van der Waals surface area contributed by atoms with E-state index in [1.807, 2.05) is 6.07 Å². The van der Waals surface area contributed by atoms with Crippen molar-refractivity contribution in [3.05, 3.63) is 30.3 Å². The number of benzene rings is 1. The number of amides is 1. The highest BCUT2D eigenvalue weighted by Crippen LogP contribution is 2.15. The van der Waals surface area contributed by atoms with Gasteiger partial charge in [-0.2, -0.15) is 0 Å². The fourth-order valence-electron chi connectivity index (χ4n) is 0.755. The molecule has 0 saturated carbocycles. The van der Waals surface area contributed by atoms with Crippen molar-refractivity contribution < 1.29 is 4.79 Å². The Kier molecular flexibility index (Phi) is 3.38. The number of alkyl halides is 1. The Balaban J connectivity index is 2.78. The van der Waals surface area contributed by atoms with E-state index in [9.17, 15) is 4.79 Å². The summed E-state index contributed by atoms with van der Waals surface area (Å²) in [6.07, 6.45) is 0. The van der Waals surface area contributed by atoms with Crippen LogP contribution in [0.1, 0.15) is 0 Å². The molecule has 0 bridgehead atoms. The summed E-state index contributed by atoms with van der Waals surface area (Å²) in [4.78, 5) is 11.0. The Bertz CT molecular complexity index is 263. The van der Waals surface area contributed by atoms with Crippen LogP contribution in [0.15, 0.2) is 30.3 Å². The predicted octanol–water partition coefficient (Wildman–Crippen LogP) is 2.41. The maximum absolute atomic E-state index is 11.0. The first-order valence-electron chi connectivity index (χ1n) is 3.35. The number of halogens is 2. The Labute approximate surface area is 80.8 Å². The molecule has 12 heavy (non-hydrogen) atoms. The van der Waals surface area contributed by atoms with E-state index in [1.165, 1.54) is 0 Å². The number of para-hydroxylation sites is 1. The standard InChI is InChI=1S/C8H7Cl2NO/c9-6-8(12)11(10)7-4-2-1-3-5-7/h1-5H,6H2. The molecule has 1 aromatic carbocycles. The number of carbonyl (C=O) groups excluding carboxylic acids is 1. The van der Waals surface area contributed by atoms with Gasteiger partial charge in [-0.3, -0.25) is 4.79 Å². The first-order chi connectivity index (χ1) is 5.75. The molecule has 0 aliphatic carbocycles. The van der Waals surface area contributed by atoms with Crippen LogP contribution in [0, 0.1) is 0 Å². The quantitative estimate of drug-likeness (QED) is 0.535. The highest BCUT2D eigenvalue weighted by molar-refractivity contribution is 6.41. The topological polar surface area (TPSA) is 20.3 Å². The zero-order chi connectivity index (χ0) is 8.97. The van der Waals surface area contributed by atoms with Gasteiger partial charge in [-0.1, -0.05) is 18.2 Å². The number of rotatable bonds is 2. The molecule has 0 heterocycles. The number of hydrogen-bond donors (Lipinski definition) is 0. The third-order valence-corrected chi connectivity index (χ3v) is 1.93. The normalized spacial score (nSPS) is 9.50. The van der Waals surface area contributed by atoms with Gasteiger partial charge < -0.3 is 0 Å².